The molecule has 1 N–H and O–H groups in total. The highest BCUT2D eigenvalue weighted by Gasteiger charge is 2.25. The molecule has 1 aliphatic rings. The van der Waals surface area contributed by atoms with Crippen molar-refractivity contribution in [2.75, 3.05) is 0 Å². The Bertz CT molecular complexity index is 3100. The van der Waals surface area contributed by atoms with Gasteiger partial charge >= 0.3 is 0 Å². The zero-order valence-corrected chi connectivity index (χ0v) is 30.0. The van der Waals surface area contributed by atoms with Crippen LogP contribution < -0.4 is 5.32 Å². The number of aromatic nitrogens is 1. The molecule has 254 valence electrons. The number of fused-ring (bicyclic) bond motifs is 9. The Morgan fingerprint density at radius 3 is 1.89 bits per heavy atom. The fraction of sp³-hybridized carbons (Fsp3) is 0.0204. The molecule has 0 saturated heterocycles. The zero-order valence-electron chi connectivity index (χ0n) is 29.1. The second-order valence-corrected chi connectivity index (χ2v) is 14.8. The van der Waals surface area contributed by atoms with Crippen molar-refractivity contribution in [1.29, 1.82) is 0 Å². The second kappa shape index (κ2) is 12.4. The summed E-state index contributed by atoms with van der Waals surface area (Å²) in [5, 5.41) is 11.2. The highest BCUT2D eigenvalue weighted by Crippen LogP contribution is 2.47. The van der Waals surface area contributed by atoms with Gasteiger partial charge in [-0.1, -0.05) is 158 Å². The van der Waals surface area contributed by atoms with Gasteiger partial charge in [0, 0.05) is 42.1 Å². The number of nitrogens with zero attached hydrogens (tertiary/aromatic N) is 3. The van der Waals surface area contributed by atoms with Gasteiger partial charge in [0.1, 0.15) is 12.0 Å². The van der Waals surface area contributed by atoms with Crippen LogP contribution in [0.4, 0.5) is 0 Å². The molecule has 1 aliphatic heterocycles. The molecule has 0 amide bonds. The molecule has 54 heavy (non-hydrogen) atoms. The normalized spacial score (nSPS) is 14.5. The first-order valence-corrected chi connectivity index (χ1v) is 19.1. The Labute approximate surface area is 316 Å². The van der Waals surface area contributed by atoms with Crippen LogP contribution in [0.1, 0.15) is 17.3 Å². The minimum Gasteiger partial charge on any atom is -0.344 e. The van der Waals surface area contributed by atoms with Crippen molar-refractivity contribution in [1.82, 2.24) is 9.88 Å². The molecule has 11 rings (SSSR count). The van der Waals surface area contributed by atoms with Crippen LogP contribution in [0.2, 0.25) is 0 Å². The van der Waals surface area contributed by atoms with Gasteiger partial charge in [0.2, 0.25) is 5.96 Å². The highest BCUT2D eigenvalue weighted by molar-refractivity contribution is 7.26. The largest absolute Gasteiger partial charge is 0.344 e. The number of aliphatic imine (C=N–C) groups is 2. The predicted octanol–water partition coefficient (Wildman–Crippen LogP) is 12.6. The molecular formula is C49H32N4S. The van der Waals surface area contributed by atoms with E-state index >= 15 is 0 Å². The van der Waals surface area contributed by atoms with E-state index in [2.05, 4.69) is 180 Å². The molecule has 2 aromatic heterocycles. The lowest BCUT2D eigenvalue weighted by Crippen LogP contribution is -2.35. The number of para-hydroxylation sites is 1. The van der Waals surface area contributed by atoms with Crippen molar-refractivity contribution in [3.8, 4) is 22.3 Å². The average molecular weight is 709 g/mol. The first-order valence-electron chi connectivity index (χ1n) is 18.3. The Kier molecular flexibility index (Phi) is 7.07. The number of nitrogens with one attached hydrogen (secondary N) is 1. The topological polar surface area (TPSA) is 41.7 Å². The Morgan fingerprint density at radius 2 is 1.11 bits per heavy atom. The van der Waals surface area contributed by atoms with Gasteiger partial charge in [-0.05, 0) is 57.3 Å². The van der Waals surface area contributed by atoms with Gasteiger partial charge in [-0.15, -0.1) is 11.3 Å². The lowest BCUT2D eigenvalue weighted by Gasteiger charge is -2.24. The van der Waals surface area contributed by atoms with Crippen LogP contribution in [0.15, 0.2) is 192 Å². The molecule has 5 heteroatoms. The van der Waals surface area contributed by atoms with E-state index in [9.17, 15) is 0 Å². The lowest BCUT2D eigenvalue weighted by molar-refractivity contribution is 0.668. The number of rotatable bonds is 4. The Morgan fingerprint density at radius 1 is 0.481 bits per heavy atom. The van der Waals surface area contributed by atoms with Gasteiger partial charge in [-0.2, -0.15) is 4.99 Å². The fourth-order valence-electron chi connectivity index (χ4n) is 8.15. The number of benzene rings is 8. The summed E-state index contributed by atoms with van der Waals surface area (Å²) in [4.78, 5) is 10.7. The summed E-state index contributed by atoms with van der Waals surface area (Å²) >= 11 is 1.88. The maximum Gasteiger partial charge on any atom is 0.234 e. The summed E-state index contributed by atoms with van der Waals surface area (Å²) in [6.07, 6.45) is -0.319. The smallest absolute Gasteiger partial charge is 0.234 e. The summed E-state index contributed by atoms with van der Waals surface area (Å²) in [6, 6.07) is 64.9. The molecule has 0 fully saturated rings. The van der Waals surface area contributed by atoms with Gasteiger partial charge in [0.15, 0.2) is 0 Å². The third-order valence-electron chi connectivity index (χ3n) is 10.7. The molecule has 1 atom stereocenters. The standard InChI is InChI=1S/C49H32N4S/c1-4-14-31(15-5-1)32-24-26-35(27-25-32)48-50-47(34-18-8-3-9-19-34)51-49(52-48)53-41-22-12-10-20-37(41)44-40-30-39(33-16-6-2-7-17-33)46-45(36(40)28-29-42(44)53)38-21-11-13-23-43(38)54-46/h1-30,47H,(H,50,51,52). The number of hydrogen-bond acceptors (Lipinski definition) is 4. The van der Waals surface area contributed by atoms with E-state index in [0.717, 1.165) is 28.0 Å². The second-order valence-electron chi connectivity index (χ2n) is 13.8. The zero-order chi connectivity index (χ0) is 35.6. The van der Waals surface area contributed by atoms with Crippen LogP contribution in [0.25, 0.3) is 75.0 Å². The first-order chi connectivity index (χ1) is 26.8. The molecule has 0 aliphatic carbocycles. The molecule has 8 aromatic carbocycles. The molecule has 4 nitrogen and oxygen atoms in total. The van der Waals surface area contributed by atoms with Crippen LogP contribution in [0.3, 0.4) is 0 Å². The maximum absolute atomic E-state index is 5.35. The van der Waals surface area contributed by atoms with Gasteiger partial charge in [-0.3, -0.25) is 4.57 Å². The summed E-state index contributed by atoms with van der Waals surface area (Å²) in [7, 11) is 0. The van der Waals surface area contributed by atoms with Gasteiger partial charge < -0.3 is 5.32 Å². The average Bonchev–Trinajstić information content (AvgIpc) is 3.81. The van der Waals surface area contributed by atoms with E-state index in [1.807, 2.05) is 23.5 Å². The monoisotopic (exact) mass is 708 g/mol. The Balaban J connectivity index is 1.17. The van der Waals surface area contributed by atoms with Crippen molar-refractivity contribution >= 4 is 75.9 Å². The van der Waals surface area contributed by atoms with Crippen LogP contribution in [0.5, 0.6) is 0 Å². The minimum atomic E-state index is -0.319. The molecule has 0 saturated carbocycles. The van der Waals surface area contributed by atoms with E-state index in [0.29, 0.717) is 5.96 Å². The van der Waals surface area contributed by atoms with Gasteiger partial charge in [-0.25, -0.2) is 4.99 Å². The molecule has 1 unspecified atom stereocenters. The van der Waals surface area contributed by atoms with Crippen molar-refractivity contribution < 1.29 is 0 Å². The van der Waals surface area contributed by atoms with Gasteiger partial charge in [0.25, 0.3) is 0 Å². The molecule has 0 radical (unpaired) electrons. The quantitative estimate of drug-likeness (QED) is 0.194. The van der Waals surface area contributed by atoms with Crippen molar-refractivity contribution in [3.05, 3.63) is 193 Å². The molecule has 3 heterocycles. The summed E-state index contributed by atoms with van der Waals surface area (Å²) in [5.74, 6) is 1.44. The third kappa shape index (κ3) is 4.90. The number of thiophene rings is 1. The van der Waals surface area contributed by atoms with Crippen LogP contribution in [0, 0.1) is 0 Å². The number of amidine groups is 1. The van der Waals surface area contributed by atoms with Crippen LogP contribution >= 0.6 is 11.3 Å². The summed E-state index contributed by atoms with van der Waals surface area (Å²) in [5.41, 5.74) is 9.07. The van der Waals surface area contributed by atoms with Crippen LogP contribution in [-0.4, -0.2) is 16.4 Å². The van der Waals surface area contributed by atoms with Gasteiger partial charge in [0.05, 0.1) is 11.0 Å². The van der Waals surface area contributed by atoms with Crippen molar-refractivity contribution in [2.24, 2.45) is 9.98 Å². The number of hydrogen-bond donors (Lipinski definition) is 1. The van der Waals surface area contributed by atoms with E-state index in [1.165, 1.54) is 64.0 Å². The molecule has 0 bridgehead atoms. The summed E-state index contributed by atoms with van der Waals surface area (Å²) < 4.78 is 4.88. The van der Waals surface area contributed by atoms with Crippen molar-refractivity contribution in [2.45, 2.75) is 6.17 Å². The highest BCUT2D eigenvalue weighted by atomic mass is 32.1. The summed E-state index contributed by atoms with van der Waals surface area (Å²) in [6.45, 7) is 0. The lowest BCUT2D eigenvalue weighted by atomic mass is 9.94. The van der Waals surface area contributed by atoms with E-state index in [1.54, 1.807) is 0 Å². The van der Waals surface area contributed by atoms with Crippen molar-refractivity contribution in [3.63, 3.8) is 0 Å². The first kappa shape index (κ1) is 30.8. The third-order valence-corrected chi connectivity index (χ3v) is 11.9. The van der Waals surface area contributed by atoms with Crippen LogP contribution in [-0.2, 0) is 0 Å². The SMILES string of the molecule is c1ccc(-c2ccc(C3=NC(n4c5ccccc5c5c6cc(-c7ccccc7)c7sc8ccccc8c7c6ccc54)=NC(c4ccccc4)N3)cc2)cc1. The minimum absolute atomic E-state index is 0.319. The fourth-order valence-corrected chi connectivity index (χ4v) is 9.41. The molecular weight excluding hydrogens is 677 g/mol. The van der Waals surface area contributed by atoms with E-state index < -0.39 is 0 Å². The Hall–Kier alpha value is -6.82. The predicted molar refractivity (Wildman–Crippen MR) is 229 cm³/mol. The van der Waals surface area contributed by atoms with E-state index in [4.69, 9.17) is 9.98 Å². The van der Waals surface area contributed by atoms with E-state index in [-0.39, 0.29) is 6.17 Å². The molecule has 0 spiro atoms. The maximum atomic E-state index is 5.35. The molecule has 10 aromatic rings.